The van der Waals surface area contributed by atoms with E-state index in [2.05, 4.69) is 9.98 Å². The lowest BCUT2D eigenvalue weighted by Gasteiger charge is -2.39. The van der Waals surface area contributed by atoms with Crippen LogP contribution in [0.1, 0.15) is 23.2 Å². The minimum Gasteiger partial charge on any atom is -0.457 e. The number of ether oxygens (including phenoxy) is 1. The van der Waals surface area contributed by atoms with Crippen molar-refractivity contribution in [3.05, 3.63) is 68.2 Å². The Labute approximate surface area is 220 Å². The average Bonchev–Trinajstić information content (AvgIpc) is 3.20. The van der Waals surface area contributed by atoms with E-state index in [0.717, 1.165) is 6.08 Å². The average molecular weight is 545 g/mol. The van der Waals surface area contributed by atoms with Gasteiger partial charge in [0.05, 0.1) is 23.2 Å². The van der Waals surface area contributed by atoms with Gasteiger partial charge in [-0.3, -0.25) is 24.2 Å². The van der Waals surface area contributed by atoms with Crippen LogP contribution in [0.3, 0.4) is 0 Å². The van der Waals surface area contributed by atoms with E-state index < -0.39 is 35.9 Å². The number of carbonyl (C=O) groups excluding carboxylic acids is 4. The zero-order valence-electron chi connectivity index (χ0n) is 19.2. The minimum absolute atomic E-state index is 0.0205. The van der Waals surface area contributed by atoms with Crippen LogP contribution in [0, 0.1) is 5.92 Å². The van der Waals surface area contributed by atoms with Gasteiger partial charge in [0, 0.05) is 30.8 Å². The number of ketones is 2. The number of nitrogens with two attached hydrogens (primary N) is 1. The molecule has 0 aromatic carbocycles. The summed E-state index contributed by atoms with van der Waals surface area (Å²) in [5.74, 6) is -4.05. The Bertz CT molecular complexity index is 1430. The quantitative estimate of drug-likeness (QED) is 0.350. The molecule has 1 aliphatic carbocycles. The van der Waals surface area contributed by atoms with Crippen LogP contribution in [0.15, 0.2) is 62.4 Å². The predicted octanol–water partition coefficient (Wildman–Crippen LogP) is 2.90. The summed E-state index contributed by atoms with van der Waals surface area (Å²) in [4.78, 5) is 60.7. The van der Waals surface area contributed by atoms with E-state index in [-0.39, 0.29) is 64.2 Å². The standard InChI is InChI=1S/C25H19Cl2FN4O5/c26-16-8-30-7-14-18-2-4-21(35)32(18)9-15(22(14)13-5-11(33)6-17(28)23(13)16)25(36)37-10-19(34)12-1-3-20(29)31-24(12)27/h1,3,5-6,8,15,18H,2,4,7,9-10H2,(H2,29,31). The van der Waals surface area contributed by atoms with E-state index in [4.69, 9.17) is 33.7 Å². The van der Waals surface area contributed by atoms with Crippen LogP contribution >= 0.6 is 23.2 Å². The molecule has 2 unspecified atom stereocenters. The molecule has 4 aliphatic rings. The lowest BCUT2D eigenvalue weighted by molar-refractivity contribution is -0.147. The van der Waals surface area contributed by atoms with E-state index in [1.54, 1.807) is 4.90 Å². The zero-order chi connectivity index (χ0) is 26.4. The zero-order valence-corrected chi connectivity index (χ0v) is 20.7. The van der Waals surface area contributed by atoms with E-state index in [1.807, 2.05) is 0 Å². The SMILES string of the molecule is Nc1ccc(C(=O)COC(=O)C2CN3C(=O)CCC3C3=C2C2=CC(=O)C=C(F)C2=C(Cl)C=NC3)c(Cl)n1. The van der Waals surface area contributed by atoms with Gasteiger partial charge < -0.3 is 15.4 Å². The first-order valence-electron chi connectivity index (χ1n) is 11.3. The summed E-state index contributed by atoms with van der Waals surface area (Å²) in [5.41, 5.74) is 6.59. The molecule has 2 N–H and O–H groups in total. The van der Waals surface area contributed by atoms with Crippen molar-refractivity contribution in [2.45, 2.75) is 18.9 Å². The number of halogens is 3. The van der Waals surface area contributed by atoms with Gasteiger partial charge in [-0.05, 0) is 41.3 Å². The van der Waals surface area contributed by atoms with Crippen molar-refractivity contribution in [2.24, 2.45) is 10.9 Å². The number of fused-ring (bicyclic) bond motifs is 4. The molecule has 1 aromatic rings. The number of pyridine rings is 1. The molecule has 37 heavy (non-hydrogen) atoms. The van der Waals surface area contributed by atoms with Gasteiger partial charge in [0.25, 0.3) is 0 Å². The van der Waals surface area contributed by atoms with Crippen LogP contribution in [-0.4, -0.2) is 65.3 Å². The number of amides is 1. The number of hydrogen-bond acceptors (Lipinski definition) is 8. The van der Waals surface area contributed by atoms with E-state index in [9.17, 15) is 23.6 Å². The molecular formula is C25H19Cl2FN4O5. The topological polar surface area (TPSA) is 132 Å². The molecule has 4 heterocycles. The summed E-state index contributed by atoms with van der Waals surface area (Å²) in [5, 5.41) is -0.165. The smallest absolute Gasteiger partial charge is 0.315 e. The Kier molecular flexibility index (Phi) is 6.55. The van der Waals surface area contributed by atoms with Gasteiger partial charge in [-0.1, -0.05) is 23.2 Å². The monoisotopic (exact) mass is 544 g/mol. The van der Waals surface area contributed by atoms with Crippen LogP contribution in [-0.2, 0) is 19.1 Å². The summed E-state index contributed by atoms with van der Waals surface area (Å²) in [6.07, 6.45) is 4.07. The Hall–Kier alpha value is -3.63. The van der Waals surface area contributed by atoms with Crippen molar-refractivity contribution >= 4 is 58.7 Å². The first-order chi connectivity index (χ1) is 17.7. The molecule has 0 radical (unpaired) electrons. The molecule has 0 spiro atoms. The maximum atomic E-state index is 15.0. The second-order valence-corrected chi connectivity index (χ2v) is 9.61. The molecule has 1 amide bonds. The van der Waals surface area contributed by atoms with Gasteiger partial charge >= 0.3 is 5.97 Å². The van der Waals surface area contributed by atoms with Gasteiger partial charge in [0.2, 0.25) is 11.7 Å². The first-order valence-corrected chi connectivity index (χ1v) is 12.1. The second-order valence-electron chi connectivity index (χ2n) is 8.84. The van der Waals surface area contributed by atoms with Crippen molar-refractivity contribution in [3.63, 3.8) is 0 Å². The number of aromatic nitrogens is 1. The molecule has 1 saturated heterocycles. The van der Waals surface area contributed by atoms with E-state index >= 15 is 0 Å². The molecule has 0 saturated carbocycles. The number of anilines is 1. The van der Waals surface area contributed by atoms with Crippen molar-refractivity contribution in [2.75, 3.05) is 25.4 Å². The second kappa shape index (κ2) is 9.68. The number of nitrogen functional groups attached to an aromatic ring is 1. The van der Waals surface area contributed by atoms with Gasteiger partial charge in [-0.25, -0.2) is 9.37 Å². The highest BCUT2D eigenvalue weighted by atomic mass is 35.5. The van der Waals surface area contributed by atoms with Crippen LogP contribution in [0.2, 0.25) is 5.15 Å². The number of hydrogen-bond donors (Lipinski definition) is 1. The number of carbonyl (C=O) groups is 4. The molecule has 2 atom stereocenters. The Balaban J connectivity index is 1.52. The number of esters is 1. The summed E-state index contributed by atoms with van der Waals surface area (Å²) in [6.45, 7) is -0.640. The molecule has 5 rings (SSSR count). The number of aliphatic imine (C=N–C) groups is 1. The van der Waals surface area contributed by atoms with E-state index in [1.165, 1.54) is 24.4 Å². The molecule has 1 fully saturated rings. The fourth-order valence-corrected chi connectivity index (χ4v) is 5.58. The minimum atomic E-state index is -1.11. The summed E-state index contributed by atoms with van der Waals surface area (Å²) in [6, 6.07) is 2.39. The molecule has 12 heteroatoms. The van der Waals surface area contributed by atoms with Gasteiger partial charge in [0.15, 0.2) is 12.4 Å². The van der Waals surface area contributed by atoms with Crippen molar-refractivity contribution in [1.82, 2.24) is 9.88 Å². The lowest BCUT2D eigenvalue weighted by atomic mass is 9.76. The summed E-state index contributed by atoms with van der Waals surface area (Å²) in [7, 11) is 0. The fraction of sp³-hybridized carbons (Fsp3) is 0.280. The molecular weight excluding hydrogens is 526 g/mol. The molecule has 0 bridgehead atoms. The normalized spacial score (nSPS) is 23.1. The highest BCUT2D eigenvalue weighted by Gasteiger charge is 2.46. The molecule has 1 aromatic heterocycles. The maximum Gasteiger partial charge on any atom is 0.315 e. The Morgan fingerprint density at radius 2 is 2.00 bits per heavy atom. The number of Topliss-reactive ketones (excluding diaryl/α,β-unsaturated/α-hetero) is 1. The van der Waals surface area contributed by atoms with Crippen LogP contribution < -0.4 is 5.73 Å². The predicted molar refractivity (Wildman–Crippen MR) is 133 cm³/mol. The number of rotatable bonds is 4. The van der Waals surface area contributed by atoms with Gasteiger partial charge in [0.1, 0.15) is 22.7 Å². The summed E-state index contributed by atoms with van der Waals surface area (Å²) >= 11 is 12.3. The lowest BCUT2D eigenvalue weighted by Crippen LogP contribution is -2.47. The van der Waals surface area contributed by atoms with E-state index in [0.29, 0.717) is 17.6 Å². The van der Waals surface area contributed by atoms with Crippen molar-refractivity contribution in [1.29, 1.82) is 0 Å². The fourth-order valence-electron chi connectivity index (χ4n) is 5.06. The highest BCUT2D eigenvalue weighted by molar-refractivity contribution is 6.40. The Morgan fingerprint density at radius 1 is 1.22 bits per heavy atom. The van der Waals surface area contributed by atoms with Gasteiger partial charge in [-0.15, -0.1) is 0 Å². The van der Waals surface area contributed by atoms with Crippen LogP contribution in [0.5, 0.6) is 0 Å². The van der Waals surface area contributed by atoms with Crippen LogP contribution in [0.25, 0.3) is 0 Å². The number of nitrogens with zero attached hydrogens (tertiary/aromatic N) is 3. The number of allylic oxidation sites excluding steroid dienone is 6. The summed E-state index contributed by atoms with van der Waals surface area (Å²) < 4.78 is 20.3. The van der Waals surface area contributed by atoms with Crippen molar-refractivity contribution in [3.8, 4) is 0 Å². The maximum absolute atomic E-state index is 15.0. The highest BCUT2D eigenvalue weighted by Crippen LogP contribution is 2.45. The van der Waals surface area contributed by atoms with Crippen molar-refractivity contribution < 1.29 is 28.3 Å². The Morgan fingerprint density at radius 3 is 2.76 bits per heavy atom. The largest absolute Gasteiger partial charge is 0.457 e. The third-order valence-electron chi connectivity index (χ3n) is 6.66. The third-order valence-corrected chi connectivity index (χ3v) is 7.24. The molecule has 3 aliphatic heterocycles. The third kappa shape index (κ3) is 4.51. The van der Waals surface area contributed by atoms with Crippen LogP contribution in [0.4, 0.5) is 10.2 Å². The molecule has 190 valence electrons. The first kappa shape index (κ1) is 25.0. The molecule has 9 nitrogen and oxygen atoms in total. The van der Waals surface area contributed by atoms with Gasteiger partial charge in [-0.2, -0.15) is 0 Å².